The molecule has 3 nitrogen and oxygen atoms in total. The summed E-state index contributed by atoms with van der Waals surface area (Å²) in [5, 5.41) is 0. The Morgan fingerprint density at radius 1 is 1.43 bits per heavy atom. The monoisotopic (exact) mass is 313 g/mol. The van der Waals surface area contributed by atoms with Crippen LogP contribution in [0.2, 0.25) is 0 Å². The summed E-state index contributed by atoms with van der Waals surface area (Å²) in [6.45, 7) is 6.35. The zero-order valence-corrected chi connectivity index (χ0v) is 11.5. The van der Waals surface area contributed by atoms with E-state index >= 15 is 0 Å². The fourth-order valence-corrected chi connectivity index (χ4v) is 1.62. The first kappa shape index (κ1) is 14.2. The molecule has 1 rings (SSSR count). The Morgan fingerprint density at radius 2 is 1.93 bits per heavy atom. The van der Waals surface area contributed by atoms with E-state index in [1.165, 1.54) is 0 Å². The van der Waals surface area contributed by atoms with Crippen LogP contribution >= 0.6 is 24.0 Å². The molecule has 0 N–H and O–H groups in total. The van der Waals surface area contributed by atoms with Crippen molar-refractivity contribution < 1.29 is 9.53 Å². The van der Waals surface area contributed by atoms with Gasteiger partial charge in [-0.05, 0) is 46.8 Å². The molecule has 0 aromatic heterocycles. The molecule has 1 aliphatic heterocycles. The molecule has 84 valence electrons. The maximum atomic E-state index is 11.6. The van der Waals surface area contributed by atoms with Gasteiger partial charge in [0.15, 0.2) is 0 Å². The molecule has 4 heteroatoms. The number of hydrogen-bond acceptors (Lipinski definition) is 3. The molecule has 0 radical (unpaired) electrons. The van der Waals surface area contributed by atoms with Gasteiger partial charge in [-0.1, -0.05) is 0 Å². The number of esters is 1. The van der Waals surface area contributed by atoms with Gasteiger partial charge >= 0.3 is 5.97 Å². The van der Waals surface area contributed by atoms with Crippen LogP contribution in [0.3, 0.4) is 0 Å². The molecule has 1 aliphatic rings. The SMILES string of the molecule is CCOC(=O)C1(C)CCN(C)CC1.I. The first-order chi connectivity index (χ1) is 6.08. The average molecular weight is 313 g/mol. The molecule has 0 amide bonds. The van der Waals surface area contributed by atoms with Crippen molar-refractivity contribution in [1.29, 1.82) is 0 Å². The molecule has 1 heterocycles. The van der Waals surface area contributed by atoms with Gasteiger partial charge < -0.3 is 9.64 Å². The Balaban J connectivity index is 0.00000169. The van der Waals surface area contributed by atoms with E-state index < -0.39 is 0 Å². The third-order valence-electron chi connectivity index (χ3n) is 2.86. The standard InChI is InChI=1S/C10H19NO2.HI/c1-4-13-9(12)10(2)5-7-11(3)8-6-10;/h4-8H2,1-3H3;1H. The summed E-state index contributed by atoms with van der Waals surface area (Å²) in [7, 11) is 2.09. The Hall–Kier alpha value is 0.160. The number of halogens is 1. The Kier molecular flexibility index (Phi) is 5.97. The first-order valence-corrected chi connectivity index (χ1v) is 4.94. The van der Waals surface area contributed by atoms with Crippen LogP contribution in [0.15, 0.2) is 0 Å². The summed E-state index contributed by atoms with van der Waals surface area (Å²) in [4.78, 5) is 13.8. The molecule has 0 spiro atoms. The van der Waals surface area contributed by atoms with E-state index in [1.54, 1.807) is 0 Å². The zero-order valence-electron chi connectivity index (χ0n) is 9.21. The molecule has 0 aromatic rings. The zero-order chi connectivity index (χ0) is 9.90. The van der Waals surface area contributed by atoms with Crippen molar-refractivity contribution in [2.24, 2.45) is 5.41 Å². The van der Waals surface area contributed by atoms with Crippen molar-refractivity contribution in [2.75, 3.05) is 26.7 Å². The fraction of sp³-hybridized carbons (Fsp3) is 0.900. The van der Waals surface area contributed by atoms with E-state index in [0.717, 1.165) is 25.9 Å². The van der Waals surface area contributed by atoms with Gasteiger partial charge in [-0.15, -0.1) is 24.0 Å². The number of carbonyl (C=O) groups excluding carboxylic acids is 1. The number of hydrogen-bond donors (Lipinski definition) is 0. The minimum absolute atomic E-state index is 0. The molecule has 14 heavy (non-hydrogen) atoms. The molecule has 1 fully saturated rings. The fourth-order valence-electron chi connectivity index (χ4n) is 1.62. The lowest BCUT2D eigenvalue weighted by Gasteiger charge is -2.35. The quantitative estimate of drug-likeness (QED) is 0.576. The molecule has 0 aliphatic carbocycles. The van der Waals surface area contributed by atoms with Gasteiger partial charge in [0.1, 0.15) is 0 Å². The van der Waals surface area contributed by atoms with Crippen LogP contribution in [-0.4, -0.2) is 37.6 Å². The Morgan fingerprint density at radius 3 is 2.36 bits per heavy atom. The van der Waals surface area contributed by atoms with Gasteiger partial charge in [-0.2, -0.15) is 0 Å². The van der Waals surface area contributed by atoms with Crippen molar-refractivity contribution in [3.8, 4) is 0 Å². The predicted molar refractivity (Wildman–Crippen MR) is 66.9 cm³/mol. The maximum Gasteiger partial charge on any atom is 0.311 e. The van der Waals surface area contributed by atoms with Crippen LogP contribution in [0.25, 0.3) is 0 Å². The third-order valence-corrected chi connectivity index (χ3v) is 2.86. The average Bonchev–Trinajstić information content (AvgIpc) is 2.11. The number of nitrogens with zero attached hydrogens (tertiary/aromatic N) is 1. The van der Waals surface area contributed by atoms with E-state index in [2.05, 4.69) is 11.9 Å². The predicted octanol–water partition coefficient (Wildman–Crippen LogP) is 1.90. The summed E-state index contributed by atoms with van der Waals surface area (Å²) in [5.41, 5.74) is -0.234. The van der Waals surface area contributed by atoms with Crippen LogP contribution in [0, 0.1) is 5.41 Å². The molecule has 0 saturated carbocycles. The maximum absolute atomic E-state index is 11.6. The molecule has 0 bridgehead atoms. The second-order valence-electron chi connectivity index (χ2n) is 4.08. The number of likely N-dealkylation sites (tertiary alicyclic amines) is 1. The highest BCUT2D eigenvalue weighted by Crippen LogP contribution is 2.31. The van der Waals surface area contributed by atoms with Crippen LogP contribution in [0.5, 0.6) is 0 Å². The molecular weight excluding hydrogens is 293 g/mol. The second-order valence-corrected chi connectivity index (χ2v) is 4.08. The van der Waals surface area contributed by atoms with Crippen LogP contribution < -0.4 is 0 Å². The number of piperidine rings is 1. The highest BCUT2D eigenvalue weighted by atomic mass is 127. The second kappa shape index (κ2) is 5.90. The smallest absolute Gasteiger partial charge is 0.311 e. The van der Waals surface area contributed by atoms with Gasteiger partial charge in [0.05, 0.1) is 12.0 Å². The highest BCUT2D eigenvalue weighted by molar-refractivity contribution is 14.0. The van der Waals surface area contributed by atoms with Crippen LogP contribution in [0.1, 0.15) is 26.7 Å². The van der Waals surface area contributed by atoms with Gasteiger partial charge in [0.2, 0.25) is 0 Å². The van der Waals surface area contributed by atoms with E-state index in [0.29, 0.717) is 6.61 Å². The molecule has 0 aromatic carbocycles. The third kappa shape index (κ3) is 3.38. The summed E-state index contributed by atoms with van der Waals surface area (Å²) in [6.07, 6.45) is 1.84. The van der Waals surface area contributed by atoms with E-state index in [-0.39, 0.29) is 35.4 Å². The van der Waals surface area contributed by atoms with Gasteiger partial charge in [-0.3, -0.25) is 4.79 Å². The lowest BCUT2D eigenvalue weighted by atomic mass is 9.80. The highest BCUT2D eigenvalue weighted by Gasteiger charge is 2.37. The lowest BCUT2D eigenvalue weighted by Crippen LogP contribution is -2.41. The molecule has 1 saturated heterocycles. The van der Waals surface area contributed by atoms with Crippen molar-refractivity contribution >= 4 is 29.9 Å². The van der Waals surface area contributed by atoms with Crippen molar-refractivity contribution in [3.05, 3.63) is 0 Å². The molecule has 0 unspecified atom stereocenters. The van der Waals surface area contributed by atoms with Gasteiger partial charge in [-0.25, -0.2) is 0 Å². The Labute approximate surface area is 103 Å². The first-order valence-electron chi connectivity index (χ1n) is 4.94. The van der Waals surface area contributed by atoms with Crippen molar-refractivity contribution in [3.63, 3.8) is 0 Å². The van der Waals surface area contributed by atoms with Gasteiger partial charge in [0.25, 0.3) is 0 Å². The lowest BCUT2D eigenvalue weighted by molar-refractivity contribution is -0.157. The largest absolute Gasteiger partial charge is 0.466 e. The van der Waals surface area contributed by atoms with Crippen LogP contribution in [0.4, 0.5) is 0 Å². The minimum Gasteiger partial charge on any atom is -0.466 e. The van der Waals surface area contributed by atoms with E-state index in [4.69, 9.17) is 4.74 Å². The molecular formula is C10H20INO2. The molecule has 0 atom stereocenters. The van der Waals surface area contributed by atoms with E-state index in [9.17, 15) is 4.79 Å². The number of rotatable bonds is 2. The minimum atomic E-state index is -0.234. The normalized spacial score (nSPS) is 21.1. The number of ether oxygens (including phenoxy) is 1. The number of carbonyl (C=O) groups is 1. The topological polar surface area (TPSA) is 29.5 Å². The Bertz CT molecular complexity index is 189. The van der Waals surface area contributed by atoms with Crippen molar-refractivity contribution in [2.45, 2.75) is 26.7 Å². The van der Waals surface area contributed by atoms with Crippen molar-refractivity contribution in [1.82, 2.24) is 4.90 Å². The summed E-state index contributed by atoms with van der Waals surface area (Å²) in [6, 6.07) is 0. The summed E-state index contributed by atoms with van der Waals surface area (Å²) >= 11 is 0. The van der Waals surface area contributed by atoms with E-state index in [1.807, 2.05) is 13.8 Å². The van der Waals surface area contributed by atoms with Crippen LogP contribution in [-0.2, 0) is 9.53 Å². The summed E-state index contributed by atoms with van der Waals surface area (Å²) < 4.78 is 5.06. The van der Waals surface area contributed by atoms with Gasteiger partial charge in [0, 0.05) is 0 Å². The summed E-state index contributed by atoms with van der Waals surface area (Å²) in [5.74, 6) is -0.0249.